The third-order valence-electron chi connectivity index (χ3n) is 6.30. The summed E-state index contributed by atoms with van der Waals surface area (Å²) in [5, 5.41) is 0. The van der Waals surface area contributed by atoms with Crippen molar-refractivity contribution >= 4 is 23.1 Å². The number of imide groups is 1. The van der Waals surface area contributed by atoms with Gasteiger partial charge in [-0.15, -0.1) is 0 Å². The second-order valence-corrected chi connectivity index (χ2v) is 8.30. The molecule has 32 heavy (non-hydrogen) atoms. The van der Waals surface area contributed by atoms with Crippen LogP contribution < -0.4 is 14.4 Å². The molecule has 0 spiro atoms. The zero-order valence-corrected chi connectivity index (χ0v) is 19.3. The molecule has 0 aromatic heterocycles. The molecule has 0 atom stereocenters. The van der Waals surface area contributed by atoms with Crippen molar-refractivity contribution in [3.63, 3.8) is 0 Å². The number of carbonyl (C=O) groups is 2. The molecular weight excluding hydrogens is 406 g/mol. The number of rotatable bonds is 5. The van der Waals surface area contributed by atoms with Gasteiger partial charge in [-0.05, 0) is 49.7 Å². The summed E-state index contributed by atoms with van der Waals surface area (Å²) in [4.78, 5) is 32.9. The first-order chi connectivity index (χ1) is 15.3. The molecule has 0 aliphatic carbocycles. The maximum atomic E-state index is 13.7. The van der Waals surface area contributed by atoms with Gasteiger partial charge in [0.25, 0.3) is 11.8 Å². The van der Waals surface area contributed by atoms with Crippen molar-refractivity contribution in [3.05, 3.63) is 58.8 Å². The summed E-state index contributed by atoms with van der Waals surface area (Å²) < 4.78 is 10.7. The highest BCUT2D eigenvalue weighted by Gasteiger charge is 2.43. The third kappa shape index (κ3) is 3.73. The number of piperazine rings is 1. The van der Waals surface area contributed by atoms with Crippen LogP contribution in [0.25, 0.3) is 5.57 Å². The number of amides is 2. The van der Waals surface area contributed by atoms with Crippen LogP contribution in [0.1, 0.15) is 16.7 Å². The maximum absolute atomic E-state index is 13.7. The first-order valence-electron chi connectivity index (χ1n) is 10.7. The topological polar surface area (TPSA) is 62.3 Å². The molecule has 4 rings (SSSR count). The van der Waals surface area contributed by atoms with Gasteiger partial charge in [0.15, 0.2) is 11.5 Å². The van der Waals surface area contributed by atoms with Gasteiger partial charge in [0, 0.05) is 32.2 Å². The van der Waals surface area contributed by atoms with Gasteiger partial charge in [-0.25, -0.2) is 4.90 Å². The molecule has 0 unspecified atom stereocenters. The second kappa shape index (κ2) is 8.67. The molecule has 7 nitrogen and oxygen atoms in total. The highest BCUT2D eigenvalue weighted by atomic mass is 16.5. The Morgan fingerprint density at radius 1 is 0.781 bits per heavy atom. The van der Waals surface area contributed by atoms with Crippen molar-refractivity contribution in [3.8, 4) is 11.5 Å². The largest absolute Gasteiger partial charge is 0.493 e. The lowest BCUT2D eigenvalue weighted by Gasteiger charge is -2.34. The van der Waals surface area contributed by atoms with Crippen LogP contribution in [0.15, 0.2) is 42.1 Å². The molecule has 0 saturated carbocycles. The van der Waals surface area contributed by atoms with Gasteiger partial charge in [-0.2, -0.15) is 0 Å². The van der Waals surface area contributed by atoms with Crippen LogP contribution in [0, 0.1) is 13.8 Å². The first-order valence-corrected chi connectivity index (χ1v) is 10.7. The van der Waals surface area contributed by atoms with E-state index in [-0.39, 0.29) is 11.8 Å². The normalized spacial score (nSPS) is 17.4. The molecular formula is C25H29N3O4. The van der Waals surface area contributed by atoms with Gasteiger partial charge in [-0.1, -0.05) is 18.2 Å². The molecule has 168 valence electrons. The lowest BCUT2D eigenvalue weighted by Crippen LogP contribution is -2.46. The monoisotopic (exact) mass is 435 g/mol. The minimum Gasteiger partial charge on any atom is -0.493 e. The second-order valence-electron chi connectivity index (χ2n) is 8.30. The number of hydrogen-bond donors (Lipinski definition) is 0. The van der Waals surface area contributed by atoms with E-state index in [1.807, 2.05) is 36.9 Å². The van der Waals surface area contributed by atoms with Crippen molar-refractivity contribution in [2.45, 2.75) is 13.8 Å². The van der Waals surface area contributed by atoms with Gasteiger partial charge in [0.1, 0.15) is 5.70 Å². The number of aryl methyl sites for hydroxylation is 2. The minimum absolute atomic E-state index is 0.306. The Morgan fingerprint density at radius 3 is 2.09 bits per heavy atom. The molecule has 2 aromatic carbocycles. The molecule has 7 heteroatoms. The SMILES string of the molecule is COc1ccc(N2C(=O)C(c3ccc(C)c(C)c3)=C(N3CCN(C)CC3)C2=O)cc1OC. The van der Waals surface area contributed by atoms with Crippen LogP contribution in [-0.4, -0.2) is 69.1 Å². The Bertz CT molecular complexity index is 1100. The number of hydrogen-bond acceptors (Lipinski definition) is 6. The summed E-state index contributed by atoms with van der Waals surface area (Å²) in [6.45, 7) is 7.11. The molecule has 1 fully saturated rings. The Balaban J connectivity index is 1.82. The number of methoxy groups -OCH3 is 2. The summed E-state index contributed by atoms with van der Waals surface area (Å²) in [6.07, 6.45) is 0. The lowest BCUT2D eigenvalue weighted by molar-refractivity contribution is -0.120. The van der Waals surface area contributed by atoms with E-state index in [1.165, 1.54) is 12.0 Å². The van der Waals surface area contributed by atoms with E-state index in [1.54, 1.807) is 25.3 Å². The highest BCUT2D eigenvalue weighted by Crippen LogP contribution is 2.38. The van der Waals surface area contributed by atoms with E-state index in [0.29, 0.717) is 41.5 Å². The number of ether oxygens (including phenoxy) is 2. The summed E-state index contributed by atoms with van der Waals surface area (Å²) in [5.41, 5.74) is 4.38. The summed E-state index contributed by atoms with van der Waals surface area (Å²) >= 11 is 0. The van der Waals surface area contributed by atoms with E-state index in [4.69, 9.17) is 9.47 Å². The molecule has 0 radical (unpaired) electrons. The average molecular weight is 436 g/mol. The van der Waals surface area contributed by atoms with E-state index in [2.05, 4.69) is 11.9 Å². The van der Waals surface area contributed by atoms with Crippen LogP contribution in [-0.2, 0) is 9.59 Å². The zero-order valence-electron chi connectivity index (χ0n) is 19.3. The Kier molecular flexibility index (Phi) is 5.93. The zero-order chi connectivity index (χ0) is 23.0. The van der Waals surface area contributed by atoms with Crippen molar-refractivity contribution in [2.75, 3.05) is 52.3 Å². The Hall–Kier alpha value is -3.32. The maximum Gasteiger partial charge on any atom is 0.282 e. The fourth-order valence-corrected chi connectivity index (χ4v) is 4.20. The van der Waals surface area contributed by atoms with Crippen molar-refractivity contribution in [1.29, 1.82) is 0 Å². The summed E-state index contributed by atoms with van der Waals surface area (Å²) in [6, 6.07) is 11.0. The first kappa shape index (κ1) is 21.9. The predicted molar refractivity (Wildman–Crippen MR) is 124 cm³/mol. The van der Waals surface area contributed by atoms with Gasteiger partial charge in [0.2, 0.25) is 0 Å². The number of carbonyl (C=O) groups excluding carboxylic acids is 2. The van der Waals surface area contributed by atoms with Gasteiger partial charge < -0.3 is 19.3 Å². The summed E-state index contributed by atoms with van der Waals surface area (Å²) in [7, 11) is 5.14. The molecule has 2 aliphatic heterocycles. The van der Waals surface area contributed by atoms with Crippen molar-refractivity contribution in [1.82, 2.24) is 9.80 Å². The standard InChI is InChI=1S/C25H29N3O4/c1-16-6-7-18(14-17(16)2)22-23(27-12-10-26(3)11-13-27)25(30)28(24(22)29)19-8-9-20(31-4)21(15-19)32-5/h6-9,14-15H,10-13H2,1-5H3. The van der Waals surface area contributed by atoms with Gasteiger partial charge >= 0.3 is 0 Å². The average Bonchev–Trinajstić information content (AvgIpc) is 3.05. The molecule has 2 aromatic rings. The van der Waals surface area contributed by atoms with Crippen LogP contribution >= 0.6 is 0 Å². The number of benzene rings is 2. The van der Waals surface area contributed by atoms with E-state index in [0.717, 1.165) is 29.8 Å². The molecule has 1 saturated heterocycles. The van der Waals surface area contributed by atoms with Crippen molar-refractivity contribution in [2.24, 2.45) is 0 Å². The van der Waals surface area contributed by atoms with E-state index in [9.17, 15) is 9.59 Å². The summed E-state index contributed by atoms with van der Waals surface area (Å²) in [5.74, 6) is 0.378. The Morgan fingerprint density at radius 2 is 1.47 bits per heavy atom. The fourth-order valence-electron chi connectivity index (χ4n) is 4.20. The Labute approximate surface area is 188 Å². The number of anilines is 1. The van der Waals surface area contributed by atoms with Crippen molar-refractivity contribution < 1.29 is 19.1 Å². The van der Waals surface area contributed by atoms with E-state index >= 15 is 0 Å². The van der Waals surface area contributed by atoms with Crippen LogP contribution in [0.3, 0.4) is 0 Å². The fraction of sp³-hybridized carbons (Fsp3) is 0.360. The number of nitrogens with zero attached hydrogens (tertiary/aromatic N) is 3. The van der Waals surface area contributed by atoms with Crippen LogP contribution in [0.4, 0.5) is 5.69 Å². The van der Waals surface area contributed by atoms with Gasteiger partial charge in [0.05, 0.1) is 25.5 Å². The predicted octanol–water partition coefficient (Wildman–Crippen LogP) is 2.85. The third-order valence-corrected chi connectivity index (χ3v) is 6.30. The quantitative estimate of drug-likeness (QED) is 0.673. The minimum atomic E-state index is -0.320. The van der Waals surface area contributed by atoms with E-state index < -0.39 is 0 Å². The van der Waals surface area contributed by atoms with Crippen LogP contribution in [0.2, 0.25) is 0 Å². The smallest absolute Gasteiger partial charge is 0.282 e. The highest BCUT2D eigenvalue weighted by molar-refractivity contribution is 6.45. The molecule has 0 bridgehead atoms. The van der Waals surface area contributed by atoms with Gasteiger partial charge in [-0.3, -0.25) is 9.59 Å². The molecule has 2 heterocycles. The molecule has 0 N–H and O–H groups in total. The molecule has 2 amide bonds. The lowest BCUT2D eigenvalue weighted by atomic mass is 9.99. The number of likely N-dealkylation sites (N-methyl/N-ethyl adjacent to an activating group) is 1. The molecule has 2 aliphatic rings. The van der Waals surface area contributed by atoms with Crippen LogP contribution in [0.5, 0.6) is 11.5 Å².